The van der Waals surface area contributed by atoms with Gasteiger partial charge in [-0.25, -0.2) is 9.78 Å². The number of nitrogens with zero attached hydrogens (tertiary/aromatic N) is 2. The summed E-state index contributed by atoms with van der Waals surface area (Å²) in [5.74, 6) is 0.386. The third-order valence-electron chi connectivity index (χ3n) is 3.41. The molecule has 17 heavy (non-hydrogen) atoms. The van der Waals surface area contributed by atoms with Gasteiger partial charge in [-0.3, -0.25) is 0 Å². The highest BCUT2D eigenvalue weighted by atomic mass is 16.4. The first-order valence-electron chi connectivity index (χ1n) is 6.15. The van der Waals surface area contributed by atoms with Crippen LogP contribution in [0.15, 0.2) is 18.3 Å². The Labute approximate surface area is 101 Å². The van der Waals surface area contributed by atoms with Crippen molar-refractivity contribution >= 4 is 11.8 Å². The molecule has 2 heterocycles. The van der Waals surface area contributed by atoms with Gasteiger partial charge in [-0.2, -0.15) is 0 Å². The van der Waals surface area contributed by atoms with Gasteiger partial charge in [-0.1, -0.05) is 13.3 Å². The van der Waals surface area contributed by atoms with Crippen molar-refractivity contribution in [2.24, 2.45) is 5.92 Å². The second-order valence-electron chi connectivity index (χ2n) is 4.54. The molecule has 1 fully saturated rings. The number of rotatable bonds is 3. The van der Waals surface area contributed by atoms with E-state index < -0.39 is 5.97 Å². The highest BCUT2D eigenvalue weighted by Crippen LogP contribution is 2.25. The van der Waals surface area contributed by atoms with Gasteiger partial charge >= 0.3 is 5.97 Å². The summed E-state index contributed by atoms with van der Waals surface area (Å²) in [5, 5.41) is 9.15. The van der Waals surface area contributed by atoms with Crippen LogP contribution in [0.2, 0.25) is 0 Å². The Kier molecular flexibility index (Phi) is 3.61. The van der Waals surface area contributed by atoms with Crippen molar-refractivity contribution in [1.82, 2.24) is 4.98 Å². The SMILES string of the molecule is CC[C@H]1CCCN(c2ncccc2C(=O)O)C1. The first-order valence-corrected chi connectivity index (χ1v) is 6.15. The first-order chi connectivity index (χ1) is 8.22. The van der Waals surface area contributed by atoms with Crippen LogP contribution in [0.25, 0.3) is 0 Å². The number of carbonyl (C=O) groups is 1. The Balaban J connectivity index is 2.24. The number of hydrogen-bond donors (Lipinski definition) is 1. The second-order valence-corrected chi connectivity index (χ2v) is 4.54. The van der Waals surface area contributed by atoms with Gasteiger partial charge in [-0.15, -0.1) is 0 Å². The second kappa shape index (κ2) is 5.17. The standard InChI is InChI=1S/C13H18N2O2/c1-2-10-5-4-8-15(9-10)12-11(13(16)17)6-3-7-14-12/h3,6-7,10H,2,4-5,8-9H2,1H3,(H,16,17)/t10-/m0/s1. The van der Waals surface area contributed by atoms with Gasteiger partial charge in [0.2, 0.25) is 0 Å². The summed E-state index contributed by atoms with van der Waals surface area (Å²) in [6, 6.07) is 3.30. The normalized spacial score (nSPS) is 20.3. The van der Waals surface area contributed by atoms with Crippen LogP contribution in [0.3, 0.4) is 0 Å². The number of anilines is 1. The molecule has 2 rings (SSSR count). The zero-order chi connectivity index (χ0) is 12.3. The van der Waals surface area contributed by atoms with E-state index >= 15 is 0 Å². The van der Waals surface area contributed by atoms with E-state index in [1.807, 2.05) is 0 Å². The Morgan fingerprint density at radius 1 is 1.65 bits per heavy atom. The van der Waals surface area contributed by atoms with Crippen molar-refractivity contribution in [3.8, 4) is 0 Å². The number of hydrogen-bond acceptors (Lipinski definition) is 3. The van der Waals surface area contributed by atoms with Gasteiger partial charge in [0, 0.05) is 19.3 Å². The van der Waals surface area contributed by atoms with Crippen LogP contribution >= 0.6 is 0 Å². The quantitative estimate of drug-likeness (QED) is 0.872. The van der Waals surface area contributed by atoms with Crippen molar-refractivity contribution in [2.75, 3.05) is 18.0 Å². The summed E-state index contributed by atoms with van der Waals surface area (Å²) in [5.41, 5.74) is 0.309. The van der Waals surface area contributed by atoms with E-state index in [9.17, 15) is 4.79 Å². The molecule has 92 valence electrons. The van der Waals surface area contributed by atoms with Gasteiger partial charge in [0.05, 0.1) is 0 Å². The lowest BCUT2D eigenvalue weighted by Crippen LogP contribution is -2.36. The Hall–Kier alpha value is -1.58. The van der Waals surface area contributed by atoms with Crippen LogP contribution in [0, 0.1) is 5.92 Å². The van der Waals surface area contributed by atoms with Crippen molar-refractivity contribution in [3.63, 3.8) is 0 Å². The van der Waals surface area contributed by atoms with E-state index in [0.29, 0.717) is 17.3 Å². The molecule has 1 N–H and O–H groups in total. The van der Waals surface area contributed by atoms with Crippen molar-refractivity contribution in [3.05, 3.63) is 23.9 Å². The van der Waals surface area contributed by atoms with Crippen molar-refractivity contribution in [2.45, 2.75) is 26.2 Å². The number of carboxylic acids is 1. The monoisotopic (exact) mass is 234 g/mol. The van der Waals surface area contributed by atoms with E-state index in [4.69, 9.17) is 5.11 Å². The average molecular weight is 234 g/mol. The number of piperidine rings is 1. The number of aromatic carboxylic acids is 1. The van der Waals surface area contributed by atoms with Gasteiger partial charge < -0.3 is 10.0 Å². The average Bonchev–Trinajstić information content (AvgIpc) is 2.39. The highest BCUT2D eigenvalue weighted by molar-refractivity contribution is 5.93. The third-order valence-corrected chi connectivity index (χ3v) is 3.41. The van der Waals surface area contributed by atoms with E-state index in [1.165, 1.54) is 6.42 Å². The molecule has 0 radical (unpaired) electrons. The molecule has 1 aromatic rings. The minimum atomic E-state index is -0.897. The van der Waals surface area contributed by atoms with Crippen LogP contribution in [0.5, 0.6) is 0 Å². The first kappa shape index (κ1) is 11.9. The summed E-state index contributed by atoms with van der Waals surface area (Å²) in [4.78, 5) is 17.5. The summed E-state index contributed by atoms with van der Waals surface area (Å²) in [7, 11) is 0. The summed E-state index contributed by atoms with van der Waals surface area (Å²) < 4.78 is 0. The molecule has 0 bridgehead atoms. The number of carboxylic acid groups (broad SMARTS) is 1. The van der Waals surface area contributed by atoms with Gasteiger partial charge in [0.15, 0.2) is 0 Å². The molecule has 0 amide bonds. The molecular weight excluding hydrogens is 216 g/mol. The maximum absolute atomic E-state index is 11.1. The summed E-state index contributed by atoms with van der Waals surface area (Å²) in [6.45, 7) is 4.02. The van der Waals surface area contributed by atoms with Crippen molar-refractivity contribution in [1.29, 1.82) is 0 Å². The zero-order valence-electron chi connectivity index (χ0n) is 10.1. The van der Waals surface area contributed by atoms with E-state index in [2.05, 4.69) is 16.8 Å². The predicted octanol–water partition coefficient (Wildman–Crippen LogP) is 2.41. The third kappa shape index (κ3) is 2.57. The van der Waals surface area contributed by atoms with Gasteiger partial charge in [0.1, 0.15) is 11.4 Å². The van der Waals surface area contributed by atoms with E-state index in [1.54, 1.807) is 18.3 Å². The minimum Gasteiger partial charge on any atom is -0.478 e. The van der Waals surface area contributed by atoms with Crippen LogP contribution < -0.4 is 4.90 Å². The smallest absolute Gasteiger partial charge is 0.339 e. The Morgan fingerprint density at radius 2 is 2.47 bits per heavy atom. The number of aromatic nitrogens is 1. The molecule has 1 aromatic heterocycles. The fourth-order valence-corrected chi connectivity index (χ4v) is 2.41. The lowest BCUT2D eigenvalue weighted by molar-refractivity contribution is 0.0697. The van der Waals surface area contributed by atoms with Gasteiger partial charge in [-0.05, 0) is 30.9 Å². The molecule has 0 aromatic carbocycles. The van der Waals surface area contributed by atoms with Crippen LogP contribution in [0.4, 0.5) is 5.82 Å². The highest BCUT2D eigenvalue weighted by Gasteiger charge is 2.23. The van der Waals surface area contributed by atoms with Crippen LogP contribution in [-0.4, -0.2) is 29.1 Å². The predicted molar refractivity (Wildman–Crippen MR) is 66.4 cm³/mol. The molecule has 0 saturated carbocycles. The molecule has 0 spiro atoms. The molecule has 1 aliphatic heterocycles. The van der Waals surface area contributed by atoms with E-state index in [0.717, 1.165) is 25.9 Å². The molecule has 1 atom stereocenters. The molecule has 1 saturated heterocycles. The fraction of sp³-hybridized carbons (Fsp3) is 0.538. The van der Waals surface area contributed by atoms with Crippen LogP contribution in [0.1, 0.15) is 36.5 Å². The van der Waals surface area contributed by atoms with Crippen LogP contribution in [-0.2, 0) is 0 Å². The van der Waals surface area contributed by atoms with Crippen molar-refractivity contribution < 1.29 is 9.90 Å². The maximum atomic E-state index is 11.1. The fourth-order valence-electron chi connectivity index (χ4n) is 2.41. The number of pyridine rings is 1. The lowest BCUT2D eigenvalue weighted by Gasteiger charge is -2.33. The molecule has 0 aliphatic carbocycles. The molecule has 4 nitrogen and oxygen atoms in total. The largest absolute Gasteiger partial charge is 0.478 e. The topological polar surface area (TPSA) is 53.4 Å². The minimum absolute atomic E-state index is 0.309. The maximum Gasteiger partial charge on any atom is 0.339 e. The Bertz CT molecular complexity index is 406. The van der Waals surface area contributed by atoms with E-state index in [-0.39, 0.29) is 0 Å². The Morgan fingerprint density at radius 3 is 3.18 bits per heavy atom. The molecule has 1 aliphatic rings. The molecule has 0 unspecified atom stereocenters. The summed E-state index contributed by atoms with van der Waals surface area (Å²) in [6.07, 6.45) is 5.17. The zero-order valence-corrected chi connectivity index (χ0v) is 10.1. The lowest BCUT2D eigenvalue weighted by atomic mass is 9.95. The summed E-state index contributed by atoms with van der Waals surface area (Å²) >= 11 is 0. The molecule has 4 heteroatoms. The molecular formula is C13H18N2O2. The van der Waals surface area contributed by atoms with Gasteiger partial charge in [0.25, 0.3) is 0 Å².